The van der Waals surface area contributed by atoms with E-state index in [9.17, 15) is 4.79 Å². The molecule has 0 fully saturated rings. The van der Waals surface area contributed by atoms with Crippen LogP contribution < -0.4 is 10.6 Å². The number of para-hydroxylation sites is 1. The Balaban J connectivity index is 2.50. The lowest BCUT2D eigenvalue weighted by molar-refractivity contribution is 0.239. The molecule has 0 spiro atoms. The van der Waals surface area contributed by atoms with E-state index >= 15 is 0 Å². The minimum absolute atomic E-state index is 0.209. The molecule has 2 amide bonds. The van der Waals surface area contributed by atoms with Gasteiger partial charge in [0.25, 0.3) is 0 Å². The number of benzene rings is 1. The van der Waals surface area contributed by atoms with Crippen LogP contribution in [-0.2, 0) is 0 Å². The van der Waals surface area contributed by atoms with Gasteiger partial charge in [-0.25, -0.2) is 4.79 Å². The Labute approximate surface area is 120 Å². The van der Waals surface area contributed by atoms with E-state index in [1.54, 1.807) is 12.1 Å². The second-order valence-electron chi connectivity index (χ2n) is 5.47. The molecule has 3 nitrogen and oxygen atoms in total. The SMILES string of the molecule is CC(C)C(CNC(=O)Nc1ccccc1Cl)C(C)C. The van der Waals surface area contributed by atoms with Crippen molar-refractivity contribution in [2.45, 2.75) is 27.7 Å². The van der Waals surface area contributed by atoms with Crippen LogP contribution in [0.3, 0.4) is 0 Å². The second-order valence-corrected chi connectivity index (χ2v) is 5.87. The third-order valence-corrected chi connectivity index (χ3v) is 3.66. The van der Waals surface area contributed by atoms with E-state index in [4.69, 9.17) is 11.6 Å². The van der Waals surface area contributed by atoms with Crippen molar-refractivity contribution in [3.05, 3.63) is 29.3 Å². The first-order chi connectivity index (χ1) is 8.91. The van der Waals surface area contributed by atoms with Gasteiger partial charge in [0.2, 0.25) is 0 Å². The summed E-state index contributed by atoms with van der Waals surface area (Å²) in [4.78, 5) is 11.8. The van der Waals surface area contributed by atoms with Gasteiger partial charge in [0.1, 0.15) is 0 Å². The van der Waals surface area contributed by atoms with Crippen LogP contribution in [0.5, 0.6) is 0 Å². The lowest BCUT2D eigenvalue weighted by Gasteiger charge is -2.25. The van der Waals surface area contributed by atoms with Crippen molar-refractivity contribution in [1.29, 1.82) is 0 Å². The van der Waals surface area contributed by atoms with E-state index in [0.29, 0.717) is 35.0 Å². The number of rotatable bonds is 5. The average Bonchev–Trinajstić information content (AvgIpc) is 2.31. The molecule has 1 aromatic rings. The first-order valence-corrected chi connectivity index (χ1v) is 7.09. The standard InChI is InChI=1S/C15H23ClN2O/c1-10(2)12(11(3)4)9-17-15(19)18-14-8-6-5-7-13(14)16/h5-8,10-12H,9H2,1-4H3,(H2,17,18,19). The number of amides is 2. The summed E-state index contributed by atoms with van der Waals surface area (Å²) < 4.78 is 0. The Bertz CT molecular complexity index is 410. The molecule has 0 bridgehead atoms. The molecule has 19 heavy (non-hydrogen) atoms. The zero-order valence-electron chi connectivity index (χ0n) is 12.0. The zero-order chi connectivity index (χ0) is 14.4. The topological polar surface area (TPSA) is 41.1 Å². The van der Waals surface area contributed by atoms with Crippen LogP contribution in [0.1, 0.15) is 27.7 Å². The van der Waals surface area contributed by atoms with Crippen LogP contribution >= 0.6 is 11.6 Å². The Kier molecular flexibility index (Phi) is 6.16. The summed E-state index contributed by atoms with van der Waals surface area (Å²) in [5.41, 5.74) is 0.632. The molecule has 0 aliphatic heterocycles. The van der Waals surface area contributed by atoms with E-state index in [1.807, 2.05) is 12.1 Å². The Morgan fingerprint density at radius 1 is 1.16 bits per heavy atom. The number of carbonyl (C=O) groups excluding carboxylic acids is 1. The molecule has 0 aliphatic carbocycles. The Morgan fingerprint density at radius 3 is 2.26 bits per heavy atom. The third kappa shape index (κ3) is 5.11. The molecule has 1 aromatic carbocycles. The van der Waals surface area contributed by atoms with Crippen LogP contribution in [0.15, 0.2) is 24.3 Å². The van der Waals surface area contributed by atoms with Gasteiger partial charge >= 0.3 is 6.03 Å². The second kappa shape index (κ2) is 7.39. The highest BCUT2D eigenvalue weighted by atomic mass is 35.5. The van der Waals surface area contributed by atoms with Crippen LogP contribution in [0.25, 0.3) is 0 Å². The van der Waals surface area contributed by atoms with Crippen LogP contribution in [-0.4, -0.2) is 12.6 Å². The highest BCUT2D eigenvalue weighted by Crippen LogP contribution is 2.21. The number of hydrogen-bond donors (Lipinski definition) is 2. The molecule has 106 valence electrons. The fourth-order valence-electron chi connectivity index (χ4n) is 2.18. The van der Waals surface area contributed by atoms with Crippen molar-refractivity contribution in [2.24, 2.45) is 17.8 Å². The van der Waals surface area contributed by atoms with E-state index in [1.165, 1.54) is 0 Å². The van der Waals surface area contributed by atoms with Gasteiger partial charge in [-0.3, -0.25) is 0 Å². The van der Waals surface area contributed by atoms with Gasteiger partial charge in [0.05, 0.1) is 10.7 Å². The fourth-order valence-corrected chi connectivity index (χ4v) is 2.36. The minimum Gasteiger partial charge on any atom is -0.338 e. The summed E-state index contributed by atoms with van der Waals surface area (Å²) in [6.07, 6.45) is 0. The minimum atomic E-state index is -0.209. The van der Waals surface area contributed by atoms with Gasteiger partial charge in [-0.2, -0.15) is 0 Å². The van der Waals surface area contributed by atoms with Gasteiger partial charge in [0.15, 0.2) is 0 Å². The third-order valence-electron chi connectivity index (χ3n) is 3.33. The predicted molar refractivity (Wildman–Crippen MR) is 81.6 cm³/mol. The highest BCUT2D eigenvalue weighted by molar-refractivity contribution is 6.33. The number of carbonyl (C=O) groups is 1. The predicted octanol–water partition coefficient (Wildman–Crippen LogP) is 4.39. The summed E-state index contributed by atoms with van der Waals surface area (Å²) in [6.45, 7) is 9.39. The Hall–Kier alpha value is -1.22. The summed E-state index contributed by atoms with van der Waals surface area (Å²) in [5, 5.41) is 6.22. The van der Waals surface area contributed by atoms with Crippen LogP contribution in [0, 0.1) is 17.8 Å². The molecule has 0 saturated heterocycles. The van der Waals surface area contributed by atoms with Crippen molar-refractivity contribution >= 4 is 23.3 Å². The van der Waals surface area contributed by atoms with Crippen molar-refractivity contribution in [1.82, 2.24) is 5.32 Å². The normalized spacial score (nSPS) is 11.2. The van der Waals surface area contributed by atoms with E-state index in [2.05, 4.69) is 38.3 Å². The van der Waals surface area contributed by atoms with Crippen molar-refractivity contribution in [3.8, 4) is 0 Å². The largest absolute Gasteiger partial charge is 0.338 e. The number of halogens is 1. The first-order valence-electron chi connectivity index (χ1n) is 6.71. The van der Waals surface area contributed by atoms with Gasteiger partial charge < -0.3 is 10.6 Å². The number of urea groups is 1. The quantitative estimate of drug-likeness (QED) is 0.826. The van der Waals surface area contributed by atoms with E-state index in [-0.39, 0.29) is 6.03 Å². The molecule has 0 aliphatic rings. The number of hydrogen-bond acceptors (Lipinski definition) is 1. The number of nitrogens with one attached hydrogen (secondary N) is 2. The first kappa shape index (κ1) is 15.8. The maximum Gasteiger partial charge on any atom is 0.319 e. The molecule has 0 saturated carbocycles. The molecule has 0 radical (unpaired) electrons. The molecule has 0 aromatic heterocycles. The average molecular weight is 283 g/mol. The maximum absolute atomic E-state index is 11.8. The molecule has 0 atom stereocenters. The summed E-state index contributed by atoms with van der Waals surface area (Å²) in [5.74, 6) is 1.55. The van der Waals surface area contributed by atoms with Gasteiger partial charge in [-0.05, 0) is 29.9 Å². The fraction of sp³-hybridized carbons (Fsp3) is 0.533. The maximum atomic E-state index is 11.8. The highest BCUT2D eigenvalue weighted by Gasteiger charge is 2.18. The molecular weight excluding hydrogens is 260 g/mol. The van der Waals surface area contributed by atoms with Crippen LogP contribution in [0.4, 0.5) is 10.5 Å². The molecule has 2 N–H and O–H groups in total. The van der Waals surface area contributed by atoms with Gasteiger partial charge in [0, 0.05) is 6.54 Å². The smallest absolute Gasteiger partial charge is 0.319 e. The van der Waals surface area contributed by atoms with E-state index in [0.717, 1.165) is 0 Å². The van der Waals surface area contributed by atoms with Gasteiger partial charge in [-0.1, -0.05) is 51.4 Å². The van der Waals surface area contributed by atoms with E-state index < -0.39 is 0 Å². The molecule has 4 heteroatoms. The number of anilines is 1. The lowest BCUT2D eigenvalue weighted by atomic mass is 9.85. The lowest BCUT2D eigenvalue weighted by Crippen LogP contribution is -2.36. The summed E-state index contributed by atoms with van der Waals surface area (Å²) in [7, 11) is 0. The monoisotopic (exact) mass is 282 g/mol. The molecule has 0 heterocycles. The van der Waals surface area contributed by atoms with Crippen molar-refractivity contribution in [3.63, 3.8) is 0 Å². The molecule has 0 unspecified atom stereocenters. The Morgan fingerprint density at radius 2 is 1.74 bits per heavy atom. The molecule has 1 rings (SSSR count). The van der Waals surface area contributed by atoms with Crippen molar-refractivity contribution < 1.29 is 4.79 Å². The van der Waals surface area contributed by atoms with Crippen LogP contribution in [0.2, 0.25) is 5.02 Å². The zero-order valence-corrected chi connectivity index (χ0v) is 12.8. The molecular formula is C15H23ClN2O. The summed E-state index contributed by atoms with van der Waals surface area (Å²) in [6, 6.07) is 7.00. The van der Waals surface area contributed by atoms with Gasteiger partial charge in [-0.15, -0.1) is 0 Å². The summed E-state index contributed by atoms with van der Waals surface area (Å²) >= 11 is 5.99. The van der Waals surface area contributed by atoms with Crippen molar-refractivity contribution in [2.75, 3.05) is 11.9 Å².